The number of Topliss-reactive ketones (excluding diaryl/α,β-unsaturated/α-hetero) is 1. The Morgan fingerprint density at radius 2 is 1.87 bits per heavy atom. The van der Waals surface area contributed by atoms with E-state index >= 15 is 0 Å². The van der Waals surface area contributed by atoms with Gasteiger partial charge in [-0.3, -0.25) is 9.59 Å². The lowest BCUT2D eigenvalue weighted by Gasteiger charge is -2.30. The van der Waals surface area contributed by atoms with E-state index in [1.807, 2.05) is 32.0 Å². The highest BCUT2D eigenvalue weighted by atomic mass is 16.3. The van der Waals surface area contributed by atoms with Gasteiger partial charge in [-0.05, 0) is 43.9 Å². The van der Waals surface area contributed by atoms with Gasteiger partial charge >= 0.3 is 0 Å². The van der Waals surface area contributed by atoms with Gasteiger partial charge in [0.05, 0.1) is 0 Å². The number of aryl methyl sites for hydroxylation is 2. The van der Waals surface area contributed by atoms with Crippen LogP contribution in [0, 0.1) is 19.8 Å². The van der Waals surface area contributed by atoms with Crippen molar-refractivity contribution in [2.24, 2.45) is 5.92 Å². The Labute approximate surface area is 138 Å². The second-order valence-electron chi connectivity index (χ2n) is 6.62. The average molecular weight is 317 g/mol. The van der Waals surface area contributed by atoms with Crippen LogP contribution in [-0.2, 0) is 4.79 Å². The molecule has 4 heteroatoms. The number of aliphatic hydroxyl groups excluding tert-OH is 1. The van der Waals surface area contributed by atoms with Gasteiger partial charge in [-0.25, -0.2) is 0 Å². The van der Waals surface area contributed by atoms with Gasteiger partial charge in [-0.1, -0.05) is 25.0 Å². The highest BCUT2D eigenvalue weighted by Crippen LogP contribution is 2.24. The van der Waals surface area contributed by atoms with Crippen molar-refractivity contribution >= 4 is 11.7 Å². The number of carbonyl (C=O) groups excluding carboxylic acids is 2. The number of hydrogen-bond donors (Lipinski definition) is 2. The molecule has 0 aliphatic heterocycles. The van der Waals surface area contributed by atoms with Crippen molar-refractivity contribution < 1.29 is 14.7 Å². The van der Waals surface area contributed by atoms with E-state index in [0.717, 1.165) is 36.8 Å². The zero-order chi connectivity index (χ0) is 16.8. The Morgan fingerprint density at radius 1 is 1.13 bits per heavy atom. The Bertz CT molecular complexity index is 568. The van der Waals surface area contributed by atoms with Crippen LogP contribution >= 0.6 is 0 Å². The zero-order valence-corrected chi connectivity index (χ0v) is 14.1. The summed E-state index contributed by atoms with van der Waals surface area (Å²) in [4.78, 5) is 24.3. The van der Waals surface area contributed by atoms with Crippen molar-refractivity contribution in [3.05, 3.63) is 34.9 Å². The molecule has 0 spiro atoms. The third-order valence-corrected chi connectivity index (χ3v) is 4.90. The maximum Gasteiger partial charge on any atom is 0.220 e. The lowest BCUT2D eigenvalue weighted by molar-refractivity contribution is -0.122. The minimum Gasteiger partial charge on any atom is -0.396 e. The molecule has 0 heterocycles. The largest absolute Gasteiger partial charge is 0.396 e. The molecule has 2 rings (SSSR count). The minimum absolute atomic E-state index is 0.00519. The van der Waals surface area contributed by atoms with Crippen LogP contribution in [0.2, 0.25) is 0 Å². The molecule has 1 aliphatic carbocycles. The summed E-state index contributed by atoms with van der Waals surface area (Å²) in [6, 6.07) is 5.71. The van der Waals surface area contributed by atoms with E-state index < -0.39 is 0 Å². The Kier molecular flexibility index (Phi) is 6.34. The van der Waals surface area contributed by atoms with Gasteiger partial charge in [0.1, 0.15) is 0 Å². The zero-order valence-electron chi connectivity index (χ0n) is 14.1. The molecule has 0 aromatic heterocycles. The summed E-state index contributed by atoms with van der Waals surface area (Å²) in [6.45, 7) is 4.11. The van der Waals surface area contributed by atoms with Crippen LogP contribution in [0.3, 0.4) is 0 Å². The van der Waals surface area contributed by atoms with Crippen molar-refractivity contribution in [2.75, 3.05) is 6.61 Å². The monoisotopic (exact) mass is 317 g/mol. The molecule has 1 aromatic carbocycles. The molecular formula is C19H27NO3. The van der Waals surface area contributed by atoms with Gasteiger partial charge in [-0.2, -0.15) is 0 Å². The number of carbonyl (C=O) groups is 2. The number of nitrogens with one attached hydrogen (secondary N) is 1. The molecule has 126 valence electrons. The molecule has 0 radical (unpaired) electrons. The van der Waals surface area contributed by atoms with Crippen LogP contribution in [-0.4, -0.2) is 29.4 Å². The molecule has 0 bridgehead atoms. The summed E-state index contributed by atoms with van der Waals surface area (Å²) >= 11 is 0. The molecule has 1 fully saturated rings. The second-order valence-corrected chi connectivity index (χ2v) is 6.62. The minimum atomic E-state index is -0.0902. The molecular weight excluding hydrogens is 290 g/mol. The van der Waals surface area contributed by atoms with Crippen molar-refractivity contribution in [3.63, 3.8) is 0 Å². The van der Waals surface area contributed by atoms with E-state index in [4.69, 9.17) is 0 Å². The number of ketones is 1. The topological polar surface area (TPSA) is 66.4 Å². The van der Waals surface area contributed by atoms with Crippen LogP contribution in [0.25, 0.3) is 0 Å². The third-order valence-electron chi connectivity index (χ3n) is 4.90. The molecule has 2 N–H and O–H groups in total. The Morgan fingerprint density at radius 3 is 2.57 bits per heavy atom. The first kappa shape index (κ1) is 17.7. The fourth-order valence-corrected chi connectivity index (χ4v) is 3.18. The molecule has 2 atom stereocenters. The lowest BCUT2D eigenvalue weighted by Crippen LogP contribution is -2.43. The van der Waals surface area contributed by atoms with E-state index in [-0.39, 0.29) is 43.1 Å². The highest BCUT2D eigenvalue weighted by molar-refractivity contribution is 5.98. The predicted octanol–water partition coefficient (Wildman–Crippen LogP) is 2.93. The summed E-state index contributed by atoms with van der Waals surface area (Å²) in [5.74, 6) is 0.0706. The summed E-state index contributed by atoms with van der Waals surface area (Å²) < 4.78 is 0. The van der Waals surface area contributed by atoms with E-state index in [1.54, 1.807) is 0 Å². The first-order valence-electron chi connectivity index (χ1n) is 8.52. The first-order valence-corrected chi connectivity index (χ1v) is 8.52. The van der Waals surface area contributed by atoms with Crippen LogP contribution in [0.5, 0.6) is 0 Å². The van der Waals surface area contributed by atoms with Gasteiger partial charge < -0.3 is 10.4 Å². The molecule has 4 nitrogen and oxygen atoms in total. The summed E-state index contributed by atoms with van der Waals surface area (Å²) in [7, 11) is 0. The molecule has 1 amide bonds. The first-order chi connectivity index (χ1) is 11.0. The molecule has 0 saturated heterocycles. The van der Waals surface area contributed by atoms with Crippen molar-refractivity contribution in [2.45, 2.75) is 58.4 Å². The number of aliphatic hydroxyl groups is 1. The fourth-order valence-electron chi connectivity index (χ4n) is 3.18. The molecule has 1 saturated carbocycles. The normalized spacial score (nSPS) is 21.0. The van der Waals surface area contributed by atoms with Crippen LogP contribution in [0.4, 0.5) is 0 Å². The number of amides is 1. The van der Waals surface area contributed by atoms with E-state index in [9.17, 15) is 14.7 Å². The third kappa shape index (κ3) is 4.90. The molecule has 1 aromatic rings. The quantitative estimate of drug-likeness (QED) is 0.793. The van der Waals surface area contributed by atoms with E-state index in [2.05, 4.69) is 5.32 Å². The fraction of sp³-hybridized carbons (Fsp3) is 0.579. The predicted molar refractivity (Wildman–Crippen MR) is 90.5 cm³/mol. The molecule has 1 aliphatic rings. The van der Waals surface area contributed by atoms with Gasteiger partial charge in [0.25, 0.3) is 0 Å². The number of hydrogen-bond acceptors (Lipinski definition) is 3. The van der Waals surface area contributed by atoms with E-state index in [0.29, 0.717) is 5.56 Å². The van der Waals surface area contributed by atoms with Crippen molar-refractivity contribution in [1.29, 1.82) is 0 Å². The van der Waals surface area contributed by atoms with E-state index in [1.165, 1.54) is 0 Å². The van der Waals surface area contributed by atoms with Crippen molar-refractivity contribution in [1.82, 2.24) is 5.32 Å². The van der Waals surface area contributed by atoms with Crippen LogP contribution in [0.1, 0.15) is 60.0 Å². The molecule has 23 heavy (non-hydrogen) atoms. The smallest absolute Gasteiger partial charge is 0.220 e. The standard InChI is InChI=1S/C19H27NO3/c1-13-7-8-15(11-14(13)2)18(22)9-10-19(23)20-17-6-4-3-5-16(17)12-21/h7-8,11,16-17,21H,3-6,9-10,12H2,1-2H3,(H,20,23). The van der Waals surface area contributed by atoms with Crippen LogP contribution < -0.4 is 5.32 Å². The van der Waals surface area contributed by atoms with Crippen molar-refractivity contribution in [3.8, 4) is 0 Å². The Hall–Kier alpha value is -1.68. The van der Waals surface area contributed by atoms with Gasteiger partial charge in [-0.15, -0.1) is 0 Å². The van der Waals surface area contributed by atoms with Gasteiger partial charge in [0, 0.05) is 37.0 Å². The average Bonchev–Trinajstić information content (AvgIpc) is 2.55. The lowest BCUT2D eigenvalue weighted by atomic mass is 9.85. The van der Waals surface area contributed by atoms with Gasteiger partial charge in [0.2, 0.25) is 5.91 Å². The highest BCUT2D eigenvalue weighted by Gasteiger charge is 2.25. The van der Waals surface area contributed by atoms with Crippen LogP contribution in [0.15, 0.2) is 18.2 Å². The maximum atomic E-state index is 12.2. The van der Waals surface area contributed by atoms with Gasteiger partial charge in [0.15, 0.2) is 5.78 Å². The Balaban J connectivity index is 1.83. The summed E-state index contributed by atoms with van der Waals surface area (Å²) in [5.41, 5.74) is 2.92. The maximum absolute atomic E-state index is 12.2. The number of benzene rings is 1. The second kappa shape index (κ2) is 8.25. The molecule has 2 unspecified atom stereocenters. The summed E-state index contributed by atoms with van der Waals surface area (Å²) in [5, 5.41) is 12.4. The summed E-state index contributed by atoms with van der Waals surface area (Å²) in [6.07, 6.45) is 4.52. The number of rotatable bonds is 6. The SMILES string of the molecule is Cc1ccc(C(=O)CCC(=O)NC2CCCCC2CO)cc1C.